The highest BCUT2D eigenvalue weighted by Gasteiger charge is 2.58. The van der Waals surface area contributed by atoms with Gasteiger partial charge in [0.2, 0.25) is 0 Å². The molecule has 1 heterocycles. The first-order valence-corrected chi connectivity index (χ1v) is 8.32. The van der Waals surface area contributed by atoms with Crippen LogP contribution >= 0.6 is 0 Å². The van der Waals surface area contributed by atoms with Crippen LogP contribution in [0.15, 0.2) is 6.20 Å². The van der Waals surface area contributed by atoms with Crippen molar-refractivity contribution >= 4 is 0 Å². The summed E-state index contributed by atoms with van der Waals surface area (Å²) in [5.74, 6) is 7.84. The van der Waals surface area contributed by atoms with E-state index in [2.05, 4.69) is 22.7 Å². The molecule has 3 unspecified atom stereocenters. The molecule has 0 aromatic carbocycles. The molecule has 5 nitrogen and oxygen atoms in total. The van der Waals surface area contributed by atoms with E-state index in [1.54, 1.807) is 4.68 Å². The molecule has 0 aliphatic heterocycles. The van der Waals surface area contributed by atoms with Gasteiger partial charge in [0.25, 0.3) is 0 Å². The molecule has 1 aromatic rings. The quantitative estimate of drug-likeness (QED) is 0.655. The van der Waals surface area contributed by atoms with Crippen LogP contribution in [0.25, 0.3) is 0 Å². The van der Waals surface area contributed by atoms with Crippen LogP contribution in [0.4, 0.5) is 0 Å². The predicted octanol–water partition coefficient (Wildman–Crippen LogP) is 1.80. The molecule has 0 amide bonds. The molecule has 5 rings (SSSR count). The van der Waals surface area contributed by atoms with Crippen molar-refractivity contribution < 1.29 is 0 Å². The fraction of sp³-hybridized carbons (Fsp3) is 0.875. The van der Waals surface area contributed by atoms with Crippen LogP contribution in [0, 0.1) is 22.7 Å². The Balaban J connectivity index is 1.60. The molecule has 0 saturated heterocycles. The van der Waals surface area contributed by atoms with E-state index in [1.807, 2.05) is 13.2 Å². The van der Waals surface area contributed by atoms with Gasteiger partial charge < -0.3 is 0 Å². The third kappa shape index (κ3) is 2.21. The van der Waals surface area contributed by atoms with Crippen molar-refractivity contribution in [2.45, 2.75) is 57.9 Å². The number of nitrogens with one attached hydrogen (secondary N) is 1. The number of hydrogen-bond donors (Lipinski definition) is 2. The van der Waals surface area contributed by atoms with E-state index in [0.29, 0.717) is 16.9 Å². The normalized spacial score (nSPS) is 42.4. The zero-order chi connectivity index (χ0) is 14.7. The summed E-state index contributed by atoms with van der Waals surface area (Å²) in [6, 6.07) is 0.333. The Morgan fingerprint density at radius 2 is 2.10 bits per heavy atom. The van der Waals surface area contributed by atoms with Gasteiger partial charge in [0.05, 0.1) is 5.69 Å². The average Bonchev–Trinajstić information content (AvgIpc) is 2.78. The van der Waals surface area contributed by atoms with E-state index in [1.165, 1.54) is 38.5 Å². The van der Waals surface area contributed by atoms with Gasteiger partial charge in [-0.25, -0.2) is 0 Å². The molecule has 4 aliphatic rings. The Bertz CT molecular complexity index is 523. The van der Waals surface area contributed by atoms with Crippen LogP contribution in [-0.2, 0) is 13.5 Å². The van der Waals surface area contributed by atoms with Crippen LogP contribution in [0.3, 0.4) is 0 Å². The molecule has 116 valence electrons. The van der Waals surface area contributed by atoms with Crippen molar-refractivity contribution in [2.24, 2.45) is 35.6 Å². The predicted molar refractivity (Wildman–Crippen MR) is 81.0 cm³/mol. The zero-order valence-electron chi connectivity index (χ0n) is 13.2. The summed E-state index contributed by atoms with van der Waals surface area (Å²) in [6.45, 7) is 2.51. The Hall–Kier alpha value is -0.940. The molecule has 4 fully saturated rings. The van der Waals surface area contributed by atoms with Crippen molar-refractivity contribution in [1.29, 1.82) is 0 Å². The van der Waals surface area contributed by atoms with Gasteiger partial charge in [0.1, 0.15) is 0 Å². The van der Waals surface area contributed by atoms with Gasteiger partial charge in [-0.05, 0) is 61.2 Å². The van der Waals surface area contributed by atoms with Gasteiger partial charge in [0.15, 0.2) is 0 Å². The van der Waals surface area contributed by atoms with Gasteiger partial charge >= 0.3 is 0 Å². The molecular weight excluding hydrogens is 262 g/mol. The average molecular weight is 289 g/mol. The first-order valence-electron chi connectivity index (χ1n) is 8.32. The zero-order valence-corrected chi connectivity index (χ0v) is 13.2. The number of hydrazine groups is 1. The Morgan fingerprint density at radius 1 is 1.38 bits per heavy atom. The van der Waals surface area contributed by atoms with Gasteiger partial charge in [-0.15, -0.1) is 5.10 Å². The molecule has 4 bridgehead atoms. The SMILES string of the molecule is Cn1cc(CC(NN)C23CC4CC(CC(C)(C4)C2)C3)nn1. The van der Waals surface area contributed by atoms with Crippen LogP contribution in [0.5, 0.6) is 0 Å². The van der Waals surface area contributed by atoms with Crippen molar-refractivity contribution in [3.8, 4) is 0 Å². The molecule has 5 heteroatoms. The monoisotopic (exact) mass is 289 g/mol. The Morgan fingerprint density at radius 3 is 2.62 bits per heavy atom. The lowest BCUT2D eigenvalue weighted by Gasteiger charge is -2.63. The summed E-state index contributed by atoms with van der Waals surface area (Å²) in [5.41, 5.74) is 5.15. The van der Waals surface area contributed by atoms with Crippen molar-refractivity contribution in [2.75, 3.05) is 0 Å². The highest BCUT2D eigenvalue weighted by molar-refractivity contribution is 5.12. The van der Waals surface area contributed by atoms with E-state index in [4.69, 9.17) is 5.84 Å². The fourth-order valence-corrected chi connectivity index (χ4v) is 6.36. The van der Waals surface area contributed by atoms with Crippen LogP contribution in [0.2, 0.25) is 0 Å². The van der Waals surface area contributed by atoms with E-state index in [-0.39, 0.29) is 0 Å². The summed E-state index contributed by atoms with van der Waals surface area (Å²) in [6.07, 6.45) is 11.3. The standard InChI is InChI=1S/C16H27N5/c1-15-5-11-3-12(6-15)8-16(7-11,10-15)14(18-17)4-13-9-21(2)20-19-13/h9,11-12,14,18H,3-8,10,17H2,1-2H3. The summed E-state index contributed by atoms with van der Waals surface area (Å²) in [4.78, 5) is 0. The minimum atomic E-state index is 0.333. The number of nitrogens with zero attached hydrogens (tertiary/aromatic N) is 3. The maximum Gasteiger partial charge on any atom is 0.0843 e. The summed E-state index contributed by atoms with van der Waals surface area (Å²) in [5, 5.41) is 8.33. The minimum absolute atomic E-state index is 0.333. The second-order valence-corrected chi connectivity index (χ2v) is 8.44. The summed E-state index contributed by atoms with van der Waals surface area (Å²) in [7, 11) is 1.92. The van der Waals surface area contributed by atoms with Gasteiger partial charge in [-0.2, -0.15) is 0 Å². The van der Waals surface area contributed by atoms with E-state index in [0.717, 1.165) is 24.0 Å². The van der Waals surface area contributed by atoms with Gasteiger partial charge in [-0.1, -0.05) is 12.1 Å². The van der Waals surface area contributed by atoms with Gasteiger partial charge in [-0.3, -0.25) is 16.0 Å². The second kappa shape index (κ2) is 4.53. The molecular formula is C16H27N5. The molecule has 3 atom stereocenters. The van der Waals surface area contributed by atoms with E-state index >= 15 is 0 Å². The number of rotatable bonds is 4. The number of aryl methyl sites for hydroxylation is 1. The summed E-state index contributed by atoms with van der Waals surface area (Å²) < 4.78 is 1.78. The van der Waals surface area contributed by atoms with Gasteiger partial charge in [0, 0.05) is 25.7 Å². The van der Waals surface area contributed by atoms with Crippen LogP contribution < -0.4 is 11.3 Å². The molecule has 0 spiro atoms. The highest BCUT2D eigenvalue weighted by atomic mass is 15.4. The molecule has 4 aliphatic carbocycles. The third-order valence-corrected chi connectivity index (χ3v) is 6.40. The van der Waals surface area contributed by atoms with Crippen molar-refractivity contribution in [3.05, 3.63) is 11.9 Å². The summed E-state index contributed by atoms with van der Waals surface area (Å²) >= 11 is 0. The number of nitrogens with two attached hydrogens (primary N) is 1. The number of aromatic nitrogens is 3. The van der Waals surface area contributed by atoms with E-state index < -0.39 is 0 Å². The number of hydrogen-bond acceptors (Lipinski definition) is 4. The molecule has 21 heavy (non-hydrogen) atoms. The Labute approximate surface area is 126 Å². The third-order valence-electron chi connectivity index (χ3n) is 6.40. The lowest BCUT2D eigenvalue weighted by molar-refractivity contribution is -0.118. The topological polar surface area (TPSA) is 68.8 Å². The first kappa shape index (κ1) is 13.7. The fourth-order valence-electron chi connectivity index (χ4n) is 6.36. The second-order valence-electron chi connectivity index (χ2n) is 8.44. The smallest absolute Gasteiger partial charge is 0.0843 e. The first-order chi connectivity index (χ1) is 10.0. The highest BCUT2D eigenvalue weighted by Crippen LogP contribution is 2.66. The molecule has 3 N–H and O–H groups in total. The van der Waals surface area contributed by atoms with Crippen LogP contribution in [-0.4, -0.2) is 21.0 Å². The van der Waals surface area contributed by atoms with Crippen molar-refractivity contribution in [3.63, 3.8) is 0 Å². The lowest BCUT2D eigenvalue weighted by atomic mass is 9.43. The maximum atomic E-state index is 5.99. The largest absolute Gasteiger partial charge is 0.271 e. The maximum absolute atomic E-state index is 5.99. The van der Waals surface area contributed by atoms with Crippen molar-refractivity contribution in [1.82, 2.24) is 20.4 Å². The minimum Gasteiger partial charge on any atom is -0.271 e. The molecule has 0 radical (unpaired) electrons. The molecule has 4 saturated carbocycles. The van der Waals surface area contributed by atoms with E-state index in [9.17, 15) is 0 Å². The molecule has 1 aromatic heterocycles. The lowest BCUT2D eigenvalue weighted by Crippen LogP contribution is -2.60. The van der Waals surface area contributed by atoms with Crippen LogP contribution in [0.1, 0.15) is 51.1 Å². The Kier molecular flexibility index (Phi) is 2.95.